The summed E-state index contributed by atoms with van der Waals surface area (Å²) in [5.74, 6) is 0.465. The van der Waals surface area contributed by atoms with Gasteiger partial charge in [-0.3, -0.25) is 4.79 Å². The molecule has 6 heteroatoms. The lowest BCUT2D eigenvalue weighted by Gasteiger charge is -2.15. The third-order valence-corrected chi connectivity index (χ3v) is 3.19. The van der Waals surface area contributed by atoms with Crippen LogP contribution >= 0.6 is 0 Å². The van der Waals surface area contributed by atoms with Crippen molar-refractivity contribution >= 4 is 11.7 Å². The van der Waals surface area contributed by atoms with Crippen molar-refractivity contribution in [2.75, 3.05) is 18.5 Å². The van der Waals surface area contributed by atoms with Gasteiger partial charge < -0.3 is 14.8 Å². The van der Waals surface area contributed by atoms with Crippen molar-refractivity contribution in [3.05, 3.63) is 59.7 Å². The number of aromatic nitrogens is 2. The normalized spacial score (nSPS) is 13.8. The van der Waals surface area contributed by atoms with E-state index in [0.29, 0.717) is 25.6 Å². The van der Waals surface area contributed by atoms with Crippen molar-refractivity contribution < 1.29 is 14.3 Å². The van der Waals surface area contributed by atoms with E-state index in [4.69, 9.17) is 9.47 Å². The molecule has 114 valence electrons. The second-order valence-corrected chi connectivity index (χ2v) is 4.97. The van der Waals surface area contributed by atoms with E-state index in [-0.39, 0.29) is 11.7 Å². The first kappa shape index (κ1) is 14.2. The Morgan fingerprint density at radius 3 is 2.86 bits per heavy atom. The number of carbonyl (C=O) groups is 1. The number of hydrogen-bond donors (Lipinski definition) is 1. The van der Waals surface area contributed by atoms with Crippen molar-refractivity contribution in [1.29, 1.82) is 0 Å². The SMILES string of the molecule is Cc1cc(NC(=O)C2=COCCO2)n(Cc2ccccc2)n1. The lowest BCUT2D eigenvalue weighted by atomic mass is 10.2. The highest BCUT2D eigenvalue weighted by Crippen LogP contribution is 2.15. The summed E-state index contributed by atoms with van der Waals surface area (Å²) in [5, 5.41) is 7.22. The molecule has 0 unspecified atom stereocenters. The van der Waals surface area contributed by atoms with E-state index in [9.17, 15) is 4.79 Å². The Hall–Kier alpha value is -2.76. The Balaban J connectivity index is 1.76. The molecule has 1 aliphatic heterocycles. The first-order valence-corrected chi connectivity index (χ1v) is 7.07. The molecule has 1 aromatic heterocycles. The molecule has 0 radical (unpaired) electrons. The highest BCUT2D eigenvalue weighted by Gasteiger charge is 2.17. The summed E-state index contributed by atoms with van der Waals surface area (Å²) in [6, 6.07) is 11.8. The van der Waals surface area contributed by atoms with Crippen LogP contribution in [0.2, 0.25) is 0 Å². The molecule has 1 N–H and O–H groups in total. The van der Waals surface area contributed by atoms with Crippen LogP contribution in [0.3, 0.4) is 0 Å². The number of ether oxygens (including phenoxy) is 2. The van der Waals surface area contributed by atoms with Gasteiger partial charge in [-0.25, -0.2) is 4.68 Å². The largest absolute Gasteiger partial charge is 0.494 e. The molecule has 1 amide bonds. The van der Waals surface area contributed by atoms with E-state index in [1.807, 2.05) is 43.3 Å². The number of benzene rings is 1. The van der Waals surface area contributed by atoms with Gasteiger partial charge in [0.2, 0.25) is 5.76 Å². The highest BCUT2D eigenvalue weighted by atomic mass is 16.6. The Kier molecular flexibility index (Phi) is 4.09. The third-order valence-electron chi connectivity index (χ3n) is 3.19. The maximum atomic E-state index is 12.2. The van der Waals surface area contributed by atoms with Crippen LogP contribution in [0, 0.1) is 6.92 Å². The fourth-order valence-electron chi connectivity index (χ4n) is 2.19. The van der Waals surface area contributed by atoms with E-state index in [0.717, 1.165) is 11.3 Å². The zero-order valence-electron chi connectivity index (χ0n) is 12.3. The first-order valence-electron chi connectivity index (χ1n) is 7.07. The van der Waals surface area contributed by atoms with Gasteiger partial charge in [0.15, 0.2) is 0 Å². The topological polar surface area (TPSA) is 65.4 Å². The van der Waals surface area contributed by atoms with Gasteiger partial charge in [-0.2, -0.15) is 5.10 Å². The average molecular weight is 299 g/mol. The Morgan fingerprint density at radius 1 is 1.32 bits per heavy atom. The minimum atomic E-state index is -0.339. The smallest absolute Gasteiger partial charge is 0.295 e. The summed E-state index contributed by atoms with van der Waals surface area (Å²) >= 11 is 0. The number of nitrogens with one attached hydrogen (secondary N) is 1. The zero-order valence-corrected chi connectivity index (χ0v) is 12.3. The summed E-state index contributed by atoms with van der Waals surface area (Å²) < 4.78 is 12.1. The Labute approximate surface area is 128 Å². The molecule has 2 aromatic rings. The Morgan fingerprint density at radius 2 is 2.14 bits per heavy atom. The predicted octanol–water partition coefficient (Wildman–Crippen LogP) is 2.07. The molecular weight excluding hydrogens is 282 g/mol. The third kappa shape index (κ3) is 3.28. The molecule has 1 aromatic carbocycles. The molecule has 0 saturated heterocycles. The van der Waals surface area contributed by atoms with Gasteiger partial charge in [0.25, 0.3) is 5.91 Å². The van der Waals surface area contributed by atoms with Crippen LogP contribution < -0.4 is 5.32 Å². The van der Waals surface area contributed by atoms with Crippen LogP contribution in [0.25, 0.3) is 0 Å². The second kappa shape index (κ2) is 6.34. The van der Waals surface area contributed by atoms with Gasteiger partial charge >= 0.3 is 0 Å². The predicted molar refractivity (Wildman–Crippen MR) is 81.1 cm³/mol. The number of nitrogens with zero attached hydrogens (tertiary/aromatic N) is 2. The minimum absolute atomic E-state index is 0.177. The number of anilines is 1. The molecule has 0 aliphatic carbocycles. The number of aryl methyl sites for hydroxylation is 1. The summed E-state index contributed by atoms with van der Waals surface area (Å²) in [7, 11) is 0. The van der Waals surface area contributed by atoms with Gasteiger partial charge in [0.05, 0.1) is 12.2 Å². The molecule has 0 fully saturated rings. The minimum Gasteiger partial charge on any atom is -0.494 e. The van der Waals surface area contributed by atoms with Gasteiger partial charge in [0.1, 0.15) is 25.3 Å². The molecule has 0 saturated carbocycles. The zero-order chi connectivity index (χ0) is 15.4. The summed E-state index contributed by atoms with van der Waals surface area (Å²) in [5.41, 5.74) is 1.94. The lowest BCUT2D eigenvalue weighted by Crippen LogP contribution is -2.22. The van der Waals surface area contributed by atoms with Crippen LogP contribution in [0.15, 0.2) is 48.4 Å². The molecule has 3 rings (SSSR count). The van der Waals surface area contributed by atoms with E-state index >= 15 is 0 Å². The Bertz CT molecular complexity index is 692. The molecule has 0 bridgehead atoms. The molecule has 6 nitrogen and oxygen atoms in total. The molecule has 1 aliphatic rings. The van der Waals surface area contributed by atoms with E-state index in [1.165, 1.54) is 6.26 Å². The number of carbonyl (C=O) groups excluding carboxylic acids is 1. The van der Waals surface area contributed by atoms with Gasteiger partial charge in [-0.1, -0.05) is 30.3 Å². The van der Waals surface area contributed by atoms with Crippen LogP contribution in [-0.2, 0) is 20.8 Å². The van der Waals surface area contributed by atoms with Crippen LogP contribution in [0.4, 0.5) is 5.82 Å². The quantitative estimate of drug-likeness (QED) is 0.938. The molecule has 2 heterocycles. The van der Waals surface area contributed by atoms with Crippen molar-refractivity contribution in [3.63, 3.8) is 0 Å². The standard InChI is InChI=1S/C16H17N3O3/c1-12-9-15(17-16(20)14-11-21-7-8-22-14)19(18-12)10-13-5-3-2-4-6-13/h2-6,9,11H,7-8,10H2,1H3,(H,17,20). The van der Waals surface area contributed by atoms with Crippen molar-refractivity contribution in [2.45, 2.75) is 13.5 Å². The van der Waals surface area contributed by atoms with E-state index in [1.54, 1.807) is 4.68 Å². The van der Waals surface area contributed by atoms with Crippen LogP contribution in [0.1, 0.15) is 11.3 Å². The lowest BCUT2D eigenvalue weighted by molar-refractivity contribution is -0.117. The van der Waals surface area contributed by atoms with Gasteiger partial charge in [-0.05, 0) is 12.5 Å². The maximum absolute atomic E-state index is 12.2. The fourth-order valence-corrected chi connectivity index (χ4v) is 2.19. The molecule has 0 spiro atoms. The van der Waals surface area contributed by atoms with Gasteiger partial charge in [-0.15, -0.1) is 0 Å². The number of hydrogen-bond acceptors (Lipinski definition) is 4. The monoisotopic (exact) mass is 299 g/mol. The molecule has 22 heavy (non-hydrogen) atoms. The second-order valence-electron chi connectivity index (χ2n) is 4.97. The van der Waals surface area contributed by atoms with Crippen molar-refractivity contribution in [1.82, 2.24) is 9.78 Å². The van der Waals surface area contributed by atoms with Gasteiger partial charge in [0, 0.05) is 6.07 Å². The summed E-state index contributed by atoms with van der Waals surface area (Å²) in [4.78, 5) is 12.2. The summed E-state index contributed by atoms with van der Waals surface area (Å²) in [6.45, 7) is 3.31. The van der Waals surface area contributed by atoms with Crippen molar-refractivity contribution in [3.8, 4) is 0 Å². The number of amides is 1. The molecule has 0 atom stereocenters. The average Bonchev–Trinajstić information content (AvgIpc) is 2.88. The summed E-state index contributed by atoms with van der Waals surface area (Å²) in [6.07, 6.45) is 1.34. The maximum Gasteiger partial charge on any atom is 0.295 e. The number of rotatable bonds is 4. The van der Waals surface area contributed by atoms with Crippen LogP contribution in [-0.4, -0.2) is 28.9 Å². The van der Waals surface area contributed by atoms with E-state index < -0.39 is 0 Å². The highest BCUT2D eigenvalue weighted by molar-refractivity contribution is 6.01. The molecular formula is C16H17N3O3. The fraction of sp³-hybridized carbons (Fsp3) is 0.250. The van der Waals surface area contributed by atoms with Crippen molar-refractivity contribution in [2.24, 2.45) is 0 Å². The first-order chi connectivity index (χ1) is 10.7. The van der Waals surface area contributed by atoms with Crippen LogP contribution in [0.5, 0.6) is 0 Å². The van der Waals surface area contributed by atoms with E-state index in [2.05, 4.69) is 10.4 Å².